The molecular weight excluding hydrogens is 346 g/mol. The first kappa shape index (κ1) is 18.7. The molecule has 27 heavy (non-hydrogen) atoms. The molecule has 1 atom stereocenters. The van der Waals surface area contributed by atoms with Gasteiger partial charge >= 0.3 is 0 Å². The number of carbonyl (C=O) groups is 1. The van der Waals surface area contributed by atoms with Crippen LogP contribution in [0.4, 0.5) is 11.4 Å². The minimum Gasteiger partial charge on any atom is -0.481 e. The molecule has 1 heterocycles. The van der Waals surface area contributed by atoms with Crippen LogP contribution in [0.1, 0.15) is 12.5 Å². The maximum atomic E-state index is 12.6. The predicted octanol–water partition coefficient (Wildman–Crippen LogP) is 3.02. The Morgan fingerprint density at radius 2 is 1.63 bits per heavy atom. The number of anilines is 1. The van der Waals surface area contributed by atoms with Gasteiger partial charge in [0.25, 0.3) is 11.6 Å². The van der Waals surface area contributed by atoms with Gasteiger partial charge in [-0.25, -0.2) is 0 Å². The van der Waals surface area contributed by atoms with E-state index in [4.69, 9.17) is 4.74 Å². The Hall–Kier alpha value is -3.09. The van der Waals surface area contributed by atoms with E-state index in [2.05, 4.69) is 4.90 Å². The number of non-ortho nitro benzene ring substituents is 1. The van der Waals surface area contributed by atoms with E-state index < -0.39 is 11.0 Å². The second-order valence-electron chi connectivity index (χ2n) is 6.66. The molecule has 7 heteroatoms. The molecule has 3 rings (SSSR count). The van der Waals surface area contributed by atoms with E-state index in [1.54, 1.807) is 24.0 Å². The van der Waals surface area contributed by atoms with E-state index in [-0.39, 0.29) is 11.6 Å². The number of nitrogens with zero attached hydrogens (tertiary/aromatic N) is 3. The lowest BCUT2D eigenvalue weighted by Gasteiger charge is -2.37. The summed E-state index contributed by atoms with van der Waals surface area (Å²) in [6.07, 6.45) is -0.543. The monoisotopic (exact) mass is 369 g/mol. The third-order valence-electron chi connectivity index (χ3n) is 4.70. The number of amides is 1. The normalized spacial score (nSPS) is 15.3. The highest BCUT2D eigenvalue weighted by atomic mass is 16.6. The van der Waals surface area contributed by atoms with Gasteiger partial charge in [-0.2, -0.15) is 0 Å². The van der Waals surface area contributed by atoms with Crippen LogP contribution in [0.2, 0.25) is 0 Å². The van der Waals surface area contributed by atoms with E-state index in [1.165, 1.54) is 12.1 Å². The lowest BCUT2D eigenvalue weighted by molar-refractivity contribution is -0.384. The first-order valence-corrected chi connectivity index (χ1v) is 8.95. The van der Waals surface area contributed by atoms with Crippen molar-refractivity contribution in [2.75, 3.05) is 31.1 Å². The van der Waals surface area contributed by atoms with Crippen molar-refractivity contribution in [1.82, 2.24) is 4.90 Å². The summed E-state index contributed by atoms with van der Waals surface area (Å²) in [5.74, 6) is 0.657. The number of hydrogen-bond donors (Lipinski definition) is 0. The zero-order chi connectivity index (χ0) is 19.4. The summed E-state index contributed by atoms with van der Waals surface area (Å²) in [5.41, 5.74) is 2.15. The minimum absolute atomic E-state index is 0.0288. The van der Waals surface area contributed by atoms with Crippen LogP contribution >= 0.6 is 0 Å². The highest BCUT2D eigenvalue weighted by molar-refractivity contribution is 5.81. The molecule has 0 N–H and O–H groups in total. The summed E-state index contributed by atoms with van der Waals surface area (Å²) in [6, 6.07) is 14.1. The van der Waals surface area contributed by atoms with Crippen LogP contribution in [0.15, 0.2) is 48.5 Å². The molecule has 1 unspecified atom stereocenters. The smallest absolute Gasteiger partial charge is 0.269 e. The van der Waals surface area contributed by atoms with Crippen molar-refractivity contribution in [2.24, 2.45) is 0 Å². The number of hydrogen-bond acceptors (Lipinski definition) is 5. The Balaban J connectivity index is 1.54. The highest BCUT2D eigenvalue weighted by Gasteiger charge is 2.26. The Labute approximate surface area is 158 Å². The summed E-state index contributed by atoms with van der Waals surface area (Å²) in [4.78, 5) is 26.9. The molecule has 0 spiro atoms. The standard InChI is InChI=1S/C20H23N3O4/c1-15-3-9-19(10-4-15)27-16(2)20(24)22-13-11-21(12-14-22)17-5-7-18(8-6-17)23(25)26/h3-10,16H,11-14H2,1-2H3. The quantitative estimate of drug-likeness (QED) is 0.598. The number of benzene rings is 2. The number of ether oxygens (including phenoxy) is 1. The molecule has 0 saturated carbocycles. The molecule has 2 aromatic rings. The van der Waals surface area contributed by atoms with Gasteiger partial charge in [0, 0.05) is 44.0 Å². The number of nitro groups is 1. The fourth-order valence-electron chi connectivity index (χ4n) is 3.10. The van der Waals surface area contributed by atoms with Crippen molar-refractivity contribution < 1.29 is 14.5 Å². The number of rotatable bonds is 5. The Morgan fingerprint density at radius 1 is 1.04 bits per heavy atom. The third-order valence-corrected chi connectivity index (χ3v) is 4.70. The lowest BCUT2D eigenvalue weighted by Crippen LogP contribution is -2.52. The van der Waals surface area contributed by atoms with Gasteiger partial charge in [0.2, 0.25) is 0 Å². The minimum atomic E-state index is -0.543. The molecule has 142 valence electrons. The molecule has 1 fully saturated rings. The Kier molecular flexibility index (Phi) is 5.59. The molecule has 2 aromatic carbocycles. The number of piperazine rings is 1. The van der Waals surface area contributed by atoms with Gasteiger partial charge < -0.3 is 14.5 Å². The molecule has 0 bridgehead atoms. The highest BCUT2D eigenvalue weighted by Crippen LogP contribution is 2.21. The van der Waals surface area contributed by atoms with Crippen LogP contribution in [0.25, 0.3) is 0 Å². The fourth-order valence-corrected chi connectivity index (χ4v) is 3.10. The second kappa shape index (κ2) is 8.07. The third kappa shape index (κ3) is 4.55. The zero-order valence-electron chi connectivity index (χ0n) is 15.5. The van der Waals surface area contributed by atoms with Gasteiger partial charge in [0.05, 0.1) is 4.92 Å². The van der Waals surface area contributed by atoms with Crippen molar-refractivity contribution in [2.45, 2.75) is 20.0 Å². The molecule has 1 aliphatic rings. The molecule has 0 radical (unpaired) electrons. The number of carbonyl (C=O) groups excluding carboxylic acids is 1. The average molecular weight is 369 g/mol. The van der Waals surface area contributed by atoms with Gasteiger partial charge in [0.15, 0.2) is 6.10 Å². The van der Waals surface area contributed by atoms with Crippen LogP contribution in [0.3, 0.4) is 0 Å². The maximum absolute atomic E-state index is 12.6. The summed E-state index contributed by atoms with van der Waals surface area (Å²) in [7, 11) is 0. The van der Waals surface area contributed by atoms with Crippen LogP contribution in [0.5, 0.6) is 5.75 Å². The van der Waals surface area contributed by atoms with E-state index in [9.17, 15) is 14.9 Å². The fraction of sp³-hybridized carbons (Fsp3) is 0.350. The van der Waals surface area contributed by atoms with Crippen molar-refractivity contribution in [3.63, 3.8) is 0 Å². The van der Waals surface area contributed by atoms with Gasteiger partial charge in [-0.05, 0) is 38.1 Å². The van der Waals surface area contributed by atoms with Crippen molar-refractivity contribution in [1.29, 1.82) is 0 Å². The summed E-state index contributed by atoms with van der Waals surface area (Å²) < 4.78 is 5.76. The first-order chi connectivity index (χ1) is 12.9. The lowest BCUT2D eigenvalue weighted by atomic mass is 10.2. The molecule has 1 saturated heterocycles. The largest absolute Gasteiger partial charge is 0.481 e. The number of aryl methyl sites for hydroxylation is 1. The van der Waals surface area contributed by atoms with E-state index in [0.29, 0.717) is 31.9 Å². The van der Waals surface area contributed by atoms with Crippen LogP contribution in [-0.4, -0.2) is 48.0 Å². The molecule has 1 aliphatic heterocycles. The number of nitro benzene ring substituents is 1. The van der Waals surface area contributed by atoms with Crippen LogP contribution in [-0.2, 0) is 4.79 Å². The van der Waals surface area contributed by atoms with Gasteiger partial charge in [-0.1, -0.05) is 17.7 Å². The van der Waals surface area contributed by atoms with E-state index >= 15 is 0 Å². The van der Waals surface area contributed by atoms with E-state index in [1.807, 2.05) is 31.2 Å². The van der Waals surface area contributed by atoms with Crippen molar-refractivity contribution >= 4 is 17.3 Å². The Morgan fingerprint density at radius 3 is 2.19 bits per heavy atom. The summed E-state index contributed by atoms with van der Waals surface area (Å²) >= 11 is 0. The van der Waals surface area contributed by atoms with Gasteiger partial charge in [0.1, 0.15) is 5.75 Å². The summed E-state index contributed by atoms with van der Waals surface area (Å²) in [6.45, 7) is 6.32. The topological polar surface area (TPSA) is 75.9 Å². The SMILES string of the molecule is Cc1ccc(OC(C)C(=O)N2CCN(c3ccc([N+](=O)[O-])cc3)CC2)cc1. The molecule has 0 aromatic heterocycles. The Bertz CT molecular complexity index is 797. The van der Waals surface area contributed by atoms with Crippen molar-refractivity contribution in [3.8, 4) is 5.75 Å². The summed E-state index contributed by atoms with van der Waals surface area (Å²) in [5, 5.41) is 10.8. The van der Waals surface area contributed by atoms with Gasteiger partial charge in [-0.15, -0.1) is 0 Å². The van der Waals surface area contributed by atoms with Crippen LogP contribution < -0.4 is 9.64 Å². The maximum Gasteiger partial charge on any atom is 0.269 e. The van der Waals surface area contributed by atoms with Gasteiger partial charge in [-0.3, -0.25) is 14.9 Å². The zero-order valence-corrected chi connectivity index (χ0v) is 15.5. The molecule has 0 aliphatic carbocycles. The predicted molar refractivity (Wildman–Crippen MR) is 103 cm³/mol. The van der Waals surface area contributed by atoms with Crippen molar-refractivity contribution in [3.05, 3.63) is 64.2 Å². The van der Waals surface area contributed by atoms with E-state index in [0.717, 1.165) is 11.3 Å². The molecule has 7 nitrogen and oxygen atoms in total. The van der Waals surface area contributed by atoms with Crippen LogP contribution in [0, 0.1) is 17.0 Å². The second-order valence-corrected chi connectivity index (χ2v) is 6.66. The first-order valence-electron chi connectivity index (χ1n) is 8.95. The molecular formula is C20H23N3O4. The average Bonchev–Trinajstić information content (AvgIpc) is 2.69. The molecule has 1 amide bonds.